The van der Waals surface area contributed by atoms with Crippen LogP contribution < -0.4 is 4.84 Å². The van der Waals surface area contributed by atoms with Crippen molar-refractivity contribution in [3.05, 3.63) is 18.0 Å². The van der Waals surface area contributed by atoms with Crippen LogP contribution in [0.5, 0.6) is 0 Å². The number of esters is 1. The Hall–Kier alpha value is -1.16. The molecule has 5 heteroatoms. The lowest BCUT2D eigenvalue weighted by atomic mass is 10.4. The van der Waals surface area contributed by atoms with E-state index in [-0.39, 0.29) is 5.97 Å². The third-order valence-corrected chi connectivity index (χ3v) is 1.73. The standard InChI is InChI=1S/C7H9ClN2O2/c1-10-4-5(9-8)3-6(10)7(11)12-2/h3-4,9H,1-2H3. The first-order valence-electron chi connectivity index (χ1n) is 3.30. The van der Waals surface area contributed by atoms with Crippen LogP contribution in [-0.2, 0) is 11.8 Å². The molecule has 0 saturated carbocycles. The lowest BCUT2D eigenvalue weighted by Crippen LogP contribution is -2.06. The second kappa shape index (κ2) is 3.49. The molecule has 1 aromatic heterocycles. The van der Waals surface area contributed by atoms with E-state index < -0.39 is 0 Å². The van der Waals surface area contributed by atoms with Crippen LogP contribution in [0, 0.1) is 0 Å². The van der Waals surface area contributed by atoms with E-state index in [4.69, 9.17) is 11.8 Å². The second-order valence-corrected chi connectivity index (χ2v) is 2.50. The third kappa shape index (κ3) is 1.53. The van der Waals surface area contributed by atoms with Crippen molar-refractivity contribution in [2.75, 3.05) is 11.9 Å². The molecule has 0 amide bonds. The van der Waals surface area contributed by atoms with E-state index in [0.29, 0.717) is 11.4 Å². The molecule has 0 radical (unpaired) electrons. The van der Waals surface area contributed by atoms with Gasteiger partial charge >= 0.3 is 5.97 Å². The predicted molar refractivity (Wildman–Crippen MR) is 46.2 cm³/mol. The number of rotatable bonds is 2. The molecule has 0 saturated heterocycles. The number of hydrogen-bond donors (Lipinski definition) is 1. The molecule has 66 valence electrons. The number of aromatic nitrogens is 1. The summed E-state index contributed by atoms with van der Waals surface area (Å²) in [6.07, 6.45) is 1.69. The van der Waals surface area contributed by atoms with Crippen LogP contribution in [0.2, 0.25) is 0 Å². The molecule has 0 aliphatic heterocycles. The highest BCUT2D eigenvalue weighted by atomic mass is 35.5. The van der Waals surface area contributed by atoms with Gasteiger partial charge in [0.2, 0.25) is 0 Å². The average Bonchev–Trinajstić information content (AvgIpc) is 2.45. The van der Waals surface area contributed by atoms with Gasteiger partial charge in [0.15, 0.2) is 0 Å². The molecule has 0 atom stereocenters. The Balaban J connectivity index is 2.99. The third-order valence-electron chi connectivity index (χ3n) is 1.51. The number of carbonyl (C=O) groups is 1. The zero-order valence-corrected chi connectivity index (χ0v) is 7.55. The van der Waals surface area contributed by atoms with E-state index in [1.54, 1.807) is 23.9 Å². The van der Waals surface area contributed by atoms with E-state index in [9.17, 15) is 4.79 Å². The van der Waals surface area contributed by atoms with Gasteiger partial charge in [0.1, 0.15) is 5.69 Å². The van der Waals surface area contributed by atoms with Gasteiger partial charge in [0.25, 0.3) is 0 Å². The van der Waals surface area contributed by atoms with Crippen molar-refractivity contribution in [2.45, 2.75) is 0 Å². The Bertz CT molecular complexity index is 296. The minimum Gasteiger partial charge on any atom is -0.464 e. The molecular formula is C7H9ClN2O2. The van der Waals surface area contributed by atoms with Crippen molar-refractivity contribution >= 4 is 23.4 Å². The fourth-order valence-electron chi connectivity index (χ4n) is 0.924. The number of carbonyl (C=O) groups excluding carboxylic acids is 1. The van der Waals surface area contributed by atoms with E-state index in [1.807, 2.05) is 0 Å². The van der Waals surface area contributed by atoms with Gasteiger partial charge in [-0.05, 0) is 6.07 Å². The van der Waals surface area contributed by atoms with Gasteiger partial charge in [-0.2, -0.15) is 0 Å². The highest BCUT2D eigenvalue weighted by Gasteiger charge is 2.10. The quantitative estimate of drug-likeness (QED) is 0.563. The first-order chi connectivity index (χ1) is 5.69. The maximum absolute atomic E-state index is 11.0. The Kier molecular flexibility index (Phi) is 2.60. The number of nitrogens with zero attached hydrogens (tertiary/aromatic N) is 1. The van der Waals surface area contributed by atoms with E-state index in [1.165, 1.54) is 7.11 Å². The second-order valence-electron chi connectivity index (χ2n) is 2.31. The van der Waals surface area contributed by atoms with Crippen LogP contribution in [-0.4, -0.2) is 17.6 Å². The molecule has 0 spiro atoms. The van der Waals surface area contributed by atoms with Crippen LogP contribution >= 0.6 is 11.8 Å². The van der Waals surface area contributed by atoms with E-state index >= 15 is 0 Å². The largest absolute Gasteiger partial charge is 0.464 e. The van der Waals surface area contributed by atoms with Gasteiger partial charge in [0.05, 0.1) is 12.8 Å². The van der Waals surface area contributed by atoms with Crippen molar-refractivity contribution in [2.24, 2.45) is 7.05 Å². The van der Waals surface area contributed by atoms with Gasteiger partial charge in [-0.25, -0.2) is 4.79 Å². The van der Waals surface area contributed by atoms with Crippen molar-refractivity contribution in [1.82, 2.24) is 4.57 Å². The normalized spacial score (nSPS) is 9.58. The number of aryl methyl sites for hydroxylation is 1. The van der Waals surface area contributed by atoms with Gasteiger partial charge < -0.3 is 9.30 Å². The number of anilines is 1. The highest BCUT2D eigenvalue weighted by molar-refractivity contribution is 6.24. The van der Waals surface area contributed by atoms with Gasteiger partial charge in [-0.3, -0.25) is 4.84 Å². The van der Waals surface area contributed by atoms with Crippen molar-refractivity contribution in [1.29, 1.82) is 0 Å². The first-order valence-corrected chi connectivity index (χ1v) is 3.68. The fourth-order valence-corrected chi connectivity index (χ4v) is 1.03. The molecule has 0 fully saturated rings. The number of halogens is 1. The van der Waals surface area contributed by atoms with Gasteiger partial charge in [-0.1, -0.05) is 0 Å². The van der Waals surface area contributed by atoms with Gasteiger partial charge in [-0.15, -0.1) is 0 Å². The SMILES string of the molecule is COC(=O)c1cc(NCl)cn1C. The summed E-state index contributed by atoms with van der Waals surface area (Å²) < 4.78 is 6.18. The smallest absolute Gasteiger partial charge is 0.354 e. The molecule has 12 heavy (non-hydrogen) atoms. The summed E-state index contributed by atoms with van der Waals surface area (Å²) in [6.45, 7) is 0. The Morgan fingerprint density at radius 2 is 2.42 bits per heavy atom. The van der Waals surface area contributed by atoms with Crippen molar-refractivity contribution < 1.29 is 9.53 Å². The first kappa shape index (κ1) is 8.93. The number of hydrogen-bond acceptors (Lipinski definition) is 3. The zero-order chi connectivity index (χ0) is 9.14. The predicted octanol–water partition coefficient (Wildman–Crippen LogP) is 1.38. The topological polar surface area (TPSA) is 43.3 Å². The molecule has 1 aromatic rings. The minimum atomic E-state index is -0.379. The highest BCUT2D eigenvalue weighted by Crippen LogP contribution is 2.13. The van der Waals surface area contributed by atoms with Crippen LogP contribution in [0.4, 0.5) is 5.69 Å². The summed E-state index contributed by atoms with van der Waals surface area (Å²) in [5.74, 6) is -0.379. The van der Waals surface area contributed by atoms with Crippen molar-refractivity contribution in [3.63, 3.8) is 0 Å². The Labute approximate surface area is 75.2 Å². The average molecular weight is 189 g/mol. The molecule has 4 nitrogen and oxygen atoms in total. The number of nitrogens with one attached hydrogen (secondary N) is 1. The van der Waals surface area contributed by atoms with E-state index in [0.717, 1.165) is 0 Å². The van der Waals surface area contributed by atoms with Crippen LogP contribution in [0.15, 0.2) is 12.3 Å². The summed E-state index contributed by atoms with van der Waals surface area (Å²) in [5, 5.41) is 0. The molecule has 0 unspecified atom stereocenters. The maximum Gasteiger partial charge on any atom is 0.354 e. The number of ether oxygens (including phenoxy) is 1. The fraction of sp³-hybridized carbons (Fsp3) is 0.286. The summed E-state index contributed by atoms with van der Waals surface area (Å²) in [5.41, 5.74) is 1.13. The van der Waals surface area contributed by atoms with Crippen LogP contribution in [0.3, 0.4) is 0 Å². The molecule has 1 heterocycles. The molecule has 0 aliphatic rings. The summed E-state index contributed by atoms with van der Waals surface area (Å²) in [4.78, 5) is 13.5. The molecule has 1 rings (SSSR count). The lowest BCUT2D eigenvalue weighted by molar-refractivity contribution is 0.0590. The maximum atomic E-state index is 11.0. The molecule has 1 N–H and O–H groups in total. The minimum absolute atomic E-state index is 0.379. The van der Waals surface area contributed by atoms with Gasteiger partial charge in [0, 0.05) is 25.0 Å². The lowest BCUT2D eigenvalue weighted by Gasteiger charge is -1.98. The summed E-state index contributed by atoms with van der Waals surface area (Å²) >= 11 is 5.34. The molecule has 0 aliphatic carbocycles. The number of methoxy groups -OCH3 is 1. The Morgan fingerprint density at radius 1 is 1.75 bits per heavy atom. The van der Waals surface area contributed by atoms with Crippen LogP contribution in [0.25, 0.3) is 0 Å². The summed E-state index contributed by atoms with van der Waals surface area (Å²) in [6, 6.07) is 1.61. The molecule has 0 bridgehead atoms. The Morgan fingerprint density at radius 3 is 2.83 bits per heavy atom. The molecular weight excluding hydrogens is 180 g/mol. The van der Waals surface area contributed by atoms with Crippen LogP contribution in [0.1, 0.15) is 10.5 Å². The molecule has 0 aromatic carbocycles. The monoisotopic (exact) mass is 188 g/mol. The zero-order valence-electron chi connectivity index (χ0n) is 6.80. The van der Waals surface area contributed by atoms with E-state index in [2.05, 4.69) is 9.57 Å². The summed E-state index contributed by atoms with van der Waals surface area (Å²) in [7, 11) is 3.08. The van der Waals surface area contributed by atoms with Crippen molar-refractivity contribution in [3.8, 4) is 0 Å².